The topological polar surface area (TPSA) is 95.9 Å². The van der Waals surface area contributed by atoms with E-state index in [1.54, 1.807) is 0 Å². The first-order chi connectivity index (χ1) is 8.86. The Hall–Kier alpha value is -2.05. The highest BCUT2D eigenvalue weighted by Crippen LogP contribution is 2.15. The van der Waals surface area contributed by atoms with E-state index in [9.17, 15) is 14.4 Å². The number of carboxylic acid groups (broad SMARTS) is 1. The molecule has 1 aliphatic heterocycles. The van der Waals surface area contributed by atoms with E-state index in [-0.39, 0.29) is 23.1 Å². The number of carbonyl (C=O) groups is 3. The largest absolute Gasteiger partial charge is 0.478 e. The summed E-state index contributed by atoms with van der Waals surface area (Å²) in [5.41, 5.74) is 0.251. The van der Waals surface area contributed by atoms with E-state index in [1.807, 2.05) is 0 Å². The maximum absolute atomic E-state index is 12.1. The normalized spacial score (nSPS) is 19.7. The Morgan fingerprint density at radius 1 is 1.26 bits per heavy atom. The van der Waals surface area contributed by atoms with Gasteiger partial charge >= 0.3 is 12.1 Å². The second-order valence-electron chi connectivity index (χ2n) is 4.43. The molecule has 0 aromatic rings. The van der Waals surface area contributed by atoms with Crippen LogP contribution in [0.25, 0.3) is 0 Å². The van der Waals surface area contributed by atoms with E-state index < -0.39 is 12.1 Å². The van der Waals surface area contributed by atoms with Crippen molar-refractivity contribution < 1.29 is 24.2 Å². The van der Waals surface area contributed by atoms with Crippen LogP contribution < -0.4 is 5.32 Å². The monoisotopic (exact) mass is 270 g/mol. The Morgan fingerprint density at radius 3 is 2.42 bits per heavy atom. The number of aliphatic carboxylic acids is 1. The van der Waals surface area contributed by atoms with E-state index in [0.717, 1.165) is 0 Å². The van der Waals surface area contributed by atoms with Gasteiger partial charge < -0.3 is 20.1 Å². The maximum atomic E-state index is 12.1. The fourth-order valence-electron chi connectivity index (χ4n) is 1.85. The van der Waals surface area contributed by atoms with Gasteiger partial charge in [0.1, 0.15) is 0 Å². The molecule has 1 atom stereocenters. The number of rotatable bonds is 3. The van der Waals surface area contributed by atoms with Crippen LogP contribution in [-0.2, 0) is 14.3 Å². The number of methoxy groups -OCH3 is 1. The van der Waals surface area contributed by atoms with Crippen molar-refractivity contribution >= 4 is 18.0 Å². The van der Waals surface area contributed by atoms with Gasteiger partial charge in [0.25, 0.3) is 0 Å². The second-order valence-corrected chi connectivity index (χ2v) is 4.43. The smallest absolute Gasteiger partial charge is 0.407 e. The van der Waals surface area contributed by atoms with E-state index in [1.165, 1.54) is 25.9 Å². The Bertz CT molecular complexity index is 430. The fourth-order valence-corrected chi connectivity index (χ4v) is 1.85. The lowest BCUT2D eigenvalue weighted by Gasteiger charge is -2.17. The maximum Gasteiger partial charge on any atom is 0.407 e. The molecular formula is C12H18N2O5. The molecule has 7 nitrogen and oxygen atoms in total. The molecule has 2 amide bonds. The van der Waals surface area contributed by atoms with E-state index in [4.69, 9.17) is 5.11 Å². The zero-order valence-corrected chi connectivity index (χ0v) is 11.2. The molecule has 0 saturated carbocycles. The number of alkyl carbamates (subject to hydrolysis) is 1. The van der Waals surface area contributed by atoms with Crippen LogP contribution in [0.5, 0.6) is 0 Å². The molecule has 19 heavy (non-hydrogen) atoms. The molecule has 106 valence electrons. The van der Waals surface area contributed by atoms with Crippen LogP contribution in [0.4, 0.5) is 4.79 Å². The Kier molecular flexibility index (Phi) is 4.91. The summed E-state index contributed by atoms with van der Waals surface area (Å²) >= 11 is 0. The zero-order valence-electron chi connectivity index (χ0n) is 11.2. The molecule has 2 N–H and O–H groups in total. The SMILES string of the molecule is COC(=O)NC1CCN(C(=O)C(C)=C(C)C(=O)O)C1. The number of nitrogens with one attached hydrogen (secondary N) is 1. The molecule has 1 heterocycles. The molecule has 0 spiro atoms. The summed E-state index contributed by atoms with van der Waals surface area (Å²) in [6.45, 7) is 3.73. The molecule has 1 rings (SSSR count). The van der Waals surface area contributed by atoms with E-state index in [0.29, 0.717) is 19.5 Å². The molecule has 1 aliphatic rings. The fraction of sp³-hybridized carbons (Fsp3) is 0.583. The quantitative estimate of drug-likeness (QED) is 0.722. The lowest BCUT2D eigenvalue weighted by Crippen LogP contribution is -2.38. The number of likely N-dealkylation sites (tertiary alicyclic amines) is 1. The molecule has 0 bridgehead atoms. The van der Waals surface area contributed by atoms with Crippen molar-refractivity contribution in [3.8, 4) is 0 Å². The lowest BCUT2D eigenvalue weighted by atomic mass is 10.1. The van der Waals surface area contributed by atoms with Gasteiger partial charge in [-0.3, -0.25) is 4.79 Å². The molecule has 0 aromatic carbocycles. The van der Waals surface area contributed by atoms with Crippen LogP contribution >= 0.6 is 0 Å². The van der Waals surface area contributed by atoms with Crippen LogP contribution in [0.15, 0.2) is 11.1 Å². The highest BCUT2D eigenvalue weighted by molar-refractivity contribution is 6.01. The van der Waals surface area contributed by atoms with Gasteiger partial charge in [0.2, 0.25) is 5.91 Å². The minimum atomic E-state index is -1.10. The second kappa shape index (κ2) is 6.21. The van der Waals surface area contributed by atoms with Crippen molar-refractivity contribution in [1.82, 2.24) is 10.2 Å². The minimum Gasteiger partial charge on any atom is -0.478 e. The Balaban J connectivity index is 2.65. The van der Waals surface area contributed by atoms with Gasteiger partial charge in [-0.15, -0.1) is 0 Å². The van der Waals surface area contributed by atoms with Crippen molar-refractivity contribution in [3.63, 3.8) is 0 Å². The lowest BCUT2D eigenvalue weighted by molar-refractivity contribution is -0.133. The summed E-state index contributed by atoms with van der Waals surface area (Å²) < 4.78 is 4.48. The summed E-state index contributed by atoms with van der Waals surface area (Å²) in [6, 6.07) is -0.158. The molecular weight excluding hydrogens is 252 g/mol. The van der Waals surface area contributed by atoms with Crippen LogP contribution in [0.2, 0.25) is 0 Å². The summed E-state index contributed by atoms with van der Waals surface area (Å²) in [5.74, 6) is -1.41. The third-order valence-electron chi connectivity index (χ3n) is 3.19. The predicted octanol–water partition coefficient (Wildman–Crippen LogP) is 0.364. The number of amides is 2. The van der Waals surface area contributed by atoms with E-state index >= 15 is 0 Å². The Labute approximate surface area is 111 Å². The van der Waals surface area contributed by atoms with Crippen molar-refractivity contribution in [2.45, 2.75) is 26.3 Å². The predicted molar refractivity (Wildman–Crippen MR) is 66.5 cm³/mol. The Morgan fingerprint density at radius 2 is 1.89 bits per heavy atom. The van der Waals surface area contributed by atoms with Crippen molar-refractivity contribution in [3.05, 3.63) is 11.1 Å². The van der Waals surface area contributed by atoms with Gasteiger partial charge in [0.15, 0.2) is 0 Å². The van der Waals surface area contributed by atoms with Gasteiger partial charge in [0, 0.05) is 24.2 Å². The van der Waals surface area contributed by atoms with Gasteiger partial charge in [-0.05, 0) is 20.3 Å². The summed E-state index contributed by atoms with van der Waals surface area (Å²) in [6.07, 6.45) is 0.0912. The first-order valence-electron chi connectivity index (χ1n) is 5.91. The first kappa shape index (κ1) is 15.0. The van der Waals surface area contributed by atoms with Crippen LogP contribution in [0.1, 0.15) is 20.3 Å². The summed E-state index contributed by atoms with van der Waals surface area (Å²) in [5, 5.41) is 11.5. The minimum absolute atomic E-state index is 0.0365. The standard InChI is InChI=1S/C12H18N2O5/c1-7(8(2)11(16)17)10(15)14-5-4-9(6-14)13-12(18)19-3/h9H,4-6H2,1-3H3,(H,13,18)(H,16,17). The number of carboxylic acids is 1. The van der Waals surface area contributed by atoms with Crippen LogP contribution in [-0.4, -0.2) is 54.2 Å². The van der Waals surface area contributed by atoms with Crippen LogP contribution in [0.3, 0.4) is 0 Å². The average Bonchev–Trinajstić information content (AvgIpc) is 2.84. The zero-order chi connectivity index (χ0) is 14.6. The number of carbonyl (C=O) groups excluding carboxylic acids is 2. The molecule has 7 heteroatoms. The molecule has 0 radical (unpaired) electrons. The third kappa shape index (κ3) is 3.70. The molecule has 1 unspecified atom stereocenters. The average molecular weight is 270 g/mol. The van der Waals surface area contributed by atoms with Gasteiger partial charge in [-0.1, -0.05) is 0 Å². The molecule has 0 aromatic heterocycles. The highest BCUT2D eigenvalue weighted by atomic mass is 16.5. The van der Waals surface area contributed by atoms with Crippen molar-refractivity contribution in [1.29, 1.82) is 0 Å². The molecule has 0 aliphatic carbocycles. The number of ether oxygens (including phenoxy) is 1. The summed E-state index contributed by atoms with van der Waals surface area (Å²) in [4.78, 5) is 35.4. The number of nitrogens with zero attached hydrogens (tertiary/aromatic N) is 1. The third-order valence-corrected chi connectivity index (χ3v) is 3.19. The molecule has 1 saturated heterocycles. The van der Waals surface area contributed by atoms with E-state index in [2.05, 4.69) is 10.1 Å². The highest BCUT2D eigenvalue weighted by Gasteiger charge is 2.29. The summed E-state index contributed by atoms with van der Waals surface area (Å²) in [7, 11) is 1.27. The van der Waals surface area contributed by atoms with Gasteiger partial charge in [-0.2, -0.15) is 0 Å². The van der Waals surface area contributed by atoms with Crippen molar-refractivity contribution in [2.75, 3.05) is 20.2 Å². The van der Waals surface area contributed by atoms with Crippen molar-refractivity contribution in [2.24, 2.45) is 0 Å². The van der Waals surface area contributed by atoms with Crippen LogP contribution in [0, 0.1) is 0 Å². The number of hydrogen-bond acceptors (Lipinski definition) is 4. The first-order valence-corrected chi connectivity index (χ1v) is 5.91. The van der Waals surface area contributed by atoms with Gasteiger partial charge in [0.05, 0.1) is 13.2 Å². The number of hydrogen-bond donors (Lipinski definition) is 2. The molecule has 1 fully saturated rings. The van der Waals surface area contributed by atoms with Gasteiger partial charge in [-0.25, -0.2) is 9.59 Å².